The molecular weight excluding hydrogens is 338 g/mol. The van der Waals surface area contributed by atoms with E-state index in [4.69, 9.17) is 4.74 Å². The summed E-state index contributed by atoms with van der Waals surface area (Å²) in [7, 11) is 1.61. The van der Waals surface area contributed by atoms with Crippen LogP contribution >= 0.6 is 0 Å². The summed E-state index contributed by atoms with van der Waals surface area (Å²) in [6.07, 6.45) is 4.39. The number of amides is 1. The number of carbonyl (C=O) groups excluding carboxylic acids is 1. The standard InChI is InChI=1S/C22H21N3O2/c1-15-11-16-5-3-4-6-21(16)25(15)19-12-17(13-23-14-19)22(26)24-18-7-9-20(27-2)10-8-18/h3-10,12-15H,11H2,1-2H3,(H,24,26). The van der Waals surface area contributed by atoms with Crippen LogP contribution in [0.5, 0.6) is 5.75 Å². The van der Waals surface area contributed by atoms with E-state index in [1.54, 1.807) is 13.3 Å². The van der Waals surface area contributed by atoms with Crippen LogP contribution in [0.4, 0.5) is 17.1 Å². The van der Waals surface area contributed by atoms with Crippen LogP contribution < -0.4 is 15.0 Å². The van der Waals surface area contributed by atoms with Crippen molar-refractivity contribution in [1.82, 2.24) is 4.98 Å². The Morgan fingerprint density at radius 1 is 1.15 bits per heavy atom. The number of carbonyl (C=O) groups is 1. The second kappa shape index (κ2) is 7.11. The van der Waals surface area contributed by atoms with E-state index >= 15 is 0 Å². The van der Waals surface area contributed by atoms with Gasteiger partial charge in [0.05, 0.1) is 24.6 Å². The highest BCUT2D eigenvalue weighted by molar-refractivity contribution is 6.04. The Morgan fingerprint density at radius 2 is 1.93 bits per heavy atom. The Bertz CT molecular complexity index is 969. The molecule has 2 aromatic carbocycles. The first-order valence-electron chi connectivity index (χ1n) is 8.93. The normalized spacial score (nSPS) is 15.3. The Kier molecular flexibility index (Phi) is 4.50. The van der Waals surface area contributed by atoms with Crippen molar-refractivity contribution in [3.8, 4) is 5.75 Å². The van der Waals surface area contributed by atoms with Gasteiger partial charge in [0, 0.05) is 23.6 Å². The predicted molar refractivity (Wildman–Crippen MR) is 107 cm³/mol. The van der Waals surface area contributed by atoms with E-state index in [-0.39, 0.29) is 5.91 Å². The number of rotatable bonds is 4. The minimum atomic E-state index is -0.186. The minimum absolute atomic E-state index is 0.186. The number of nitrogens with one attached hydrogen (secondary N) is 1. The second-order valence-electron chi connectivity index (χ2n) is 6.67. The molecule has 1 aromatic heterocycles. The molecule has 2 heterocycles. The fraction of sp³-hybridized carbons (Fsp3) is 0.182. The molecule has 5 heteroatoms. The molecule has 0 fully saturated rings. The zero-order valence-electron chi connectivity index (χ0n) is 15.3. The molecule has 1 aliphatic heterocycles. The SMILES string of the molecule is COc1ccc(NC(=O)c2cncc(N3c4ccccc4CC3C)c2)cc1. The summed E-state index contributed by atoms with van der Waals surface area (Å²) in [4.78, 5) is 19.2. The molecule has 27 heavy (non-hydrogen) atoms. The second-order valence-corrected chi connectivity index (χ2v) is 6.67. The maximum absolute atomic E-state index is 12.7. The number of para-hydroxylation sites is 1. The quantitative estimate of drug-likeness (QED) is 0.749. The van der Waals surface area contributed by atoms with Gasteiger partial charge in [-0.3, -0.25) is 9.78 Å². The molecule has 1 unspecified atom stereocenters. The highest BCUT2D eigenvalue weighted by Gasteiger charge is 2.27. The molecular formula is C22H21N3O2. The van der Waals surface area contributed by atoms with Crippen LogP contribution in [0.1, 0.15) is 22.8 Å². The third-order valence-electron chi connectivity index (χ3n) is 4.82. The third-order valence-corrected chi connectivity index (χ3v) is 4.82. The van der Waals surface area contributed by atoms with Crippen LogP contribution in [0, 0.1) is 0 Å². The largest absolute Gasteiger partial charge is 0.497 e. The Morgan fingerprint density at radius 3 is 2.70 bits per heavy atom. The lowest BCUT2D eigenvalue weighted by atomic mass is 10.1. The van der Waals surface area contributed by atoms with Crippen LogP contribution in [0.3, 0.4) is 0 Å². The number of hydrogen-bond donors (Lipinski definition) is 1. The maximum Gasteiger partial charge on any atom is 0.257 e. The van der Waals surface area contributed by atoms with Crippen molar-refractivity contribution >= 4 is 23.0 Å². The zero-order valence-corrected chi connectivity index (χ0v) is 15.3. The van der Waals surface area contributed by atoms with Crippen LogP contribution in [0.2, 0.25) is 0 Å². The monoisotopic (exact) mass is 359 g/mol. The predicted octanol–water partition coefficient (Wildman–Crippen LogP) is 4.43. The Hall–Kier alpha value is -3.34. The molecule has 5 nitrogen and oxygen atoms in total. The van der Waals surface area contributed by atoms with Crippen LogP contribution in [-0.2, 0) is 6.42 Å². The summed E-state index contributed by atoms with van der Waals surface area (Å²) in [5, 5.41) is 2.90. The summed E-state index contributed by atoms with van der Waals surface area (Å²) < 4.78 is 5.14. The zero-order chi connectivity index (χ0) is 18.8. The number of nitrogens with zero attached hydrogens (tertiary/aromatic N) is 2. The Balaban J connectivity index is 1.58. The average molecular weight is 359 g/mol. The summed E-state index contributed by atoms with van der Waals surface area (Å²) in [5.41, 5.74) is 4.67. The lowest BCUT2D eigenvalue weighted by Crippen LogP contribution is -2.24. The van der Waals surface area contributed by atoms with E-state index < -0.39 is 0 Å². The first kappa shape index (κ1) is 17.1. The van der Waals surface area contributed by atoms with Crippen molar-refractivity contribution in [2.24, 2.45) is 0 Å². The molecule has 0 spiro atoms. The van der Waals surface area contributed by atoms with Gasteiger partial charge in [0.2, 0.25) is 0 Å². The minimum Gasteiger partial charge on any atom is -0.497 e. The molecule has 136 valence electrons. The first-order valence-corrected chi connectivity index (χ1v) is 8.93. The topological polar surface area (TPSA) is 54.5 Å². The summed E-state index contributed by atoms with van der Waals surface area (Å²) >= 11 is 0. The van der Waals surface area contributed by atoms with Gasteiger partial charge in [-0.15, -0.1) is 0 Å². The lowest BCUT2D eigenvalue weighted by Gasteiger charge is -2.25. The summed E-state index contributed by atoms with van der Waals surface area (Å²) in [5.74, 6) is 0.563. The number of hydrogen-bond acceptors (Lipinski definition) is 4. The first-order chi connectivity index (χ1) is 13.2. The number of pyridine rings is 1. The molecule has 0 saturated carbocycles. The molecule has 0 radical (unpaired) electrons. The van der Waals surface area contributed by atoms with E-state index in [0.717, 1.165) is 17.9 Å². The smallest absolute Gasteiger partial charge is 0.257 e. The van der Waals surface area contributed by atoms with Gasteiger partial charge >= 0.3 is 0 Å². The van der Waals surface area contributed by atoms with Crippen molar-refractivity contribution in [3.05, 3.63) is 78.1 Å². The number of methoxy groups -OCH3 is 1. The fourth-order valence-electron chi connectivity index (χ4n) is 3.52. The van der Waals surface area contributed by atoms with E-state index in [2.05, 4.69) is 40.3 Å². The van der Waals surface area contributed by atoms with E-state index in [1.165, 1.54) is 11.3 Å². The highest BCUT2D eigenvalue weighted by atomic mass is 16.5. The Labute approximate surface area is 158 Å². The maximum atomic E-state index is 12.7. The molecule has 3 aromatic rings. The van der Waals surface area contributed by atoms with Crippen molar-refractivity contribution in [1.29, 1.82) is 0 Å². The third kappa shape index (κ3) is 3.36. The van der Waals surface area contributed by atoms with Crippen molar-refractivity contribution in [2.45, 2.75) is 19.4 Å². The lowest BCUT2D eigenvalue weighted by molar-refractivity contribution is 0.102. The molecule has 0 aliphatic carbocycles. The highest BCUT2D eigenvalue weighted by Crippen LogP contribution is 2.37. The molecule has 0 bridgehead atoms. The van der Waals surface area contributed by atoms with Crippen LogP contribution in [0.25, 0.3) is 0 Å². The van der Waals surface area contributed by atoms with Crippen molar-refractivity contribution in [2.75, 3.05) is 17.3 Å². The van der Waals surface area contributed by atoms with Crippen molar-refractivity contribution in [3.63, 3.8) is 0 Å². The molecule has 0 saturated heterocycles. The van der Waals surface area contributed by atoms with E-state index in [0.29, 0.717) is 17.3 Å². The van der Waals surface area contributed by atoms with Gasteiger partial charge in [-0.25, -0.2) is 0 Å². The number of ether oxygens (including phenoxy) is 1. The molecule has 4 rings (SSSR count). The van der Waals surface area contributed by atoms with Gasteiger partial charge in [-0.1, -0.05) is 18.2 Å². The van der Waals surface area contributed by atoms with Gasteiger partial charge in [-0.2, -0.15) is 0 Å². The molecule has 1 N–H and O–H groups in total. The summed E-state index contributed by atoms with van der Waals surface area (Å²) in [6.45, 7) is 2.18. The van der Waals surface area contributed by atoms with E-state index in [1.807, 2.05) is 42.6 Å². The van der Waals surface area contributed by atoms with Gasteiger partial charge < -0.3 is 15.0 Å². The molecule has 1 amide bonds. The van der Waals surface area contributed by atoms with Gasteiger partial charge in [-0.05, 0) is 55.3 Å². The number of benzene rings is 2. The summed E-state index contributed by atoms with van der Waals surface area (Å²) in [6, 6.07) is 17.8. The van der Waals surface area contributed by atoms with Crippen molar-refractivity contribution < 1.29 is 9.53 Å². The number of fused-ring (bicyclic) bond motifs is 1. The van der Waals surface area contributed by atoms with Gasteiger partial charge in [0.25, 0.3) is 5.91 Å². The van der Waals surface area contributed by atoms with E-state index in [9.17, 15) is 4.79 Å². The molecule has 1 atom stereocenters. The van der Waals surface area contributed by atoms with Crippen LogP contribution in [-0.4, -0.2) is 24.0 Å². The fourth-order valence-corrected chi connectivity index (χ4v) is 3.52. The van der Waals surface area contributed by atoms with Gasteiger partial charge in [0.1, 0.15) is 5.75 Å². The average Bonchev–Trinajstić information content (AvgIpc) is 3.04. The van der Waals surface area contributed by atoms with Gasteiger partial charge in [0.15, 0.2) is 0 Å². The van der Waals surface area contributed by atoms with Crippen LogP contribution in [0.15, 0.2) is 67.0 Å². The number of anilines is 3. The number of aromatic nitrogens is 1. The molecule has 1 aliphatic rings.